The third-order valence-electron chi connectivity index (χ3n) is 5.21. The van der Waals surface area contributed by atoms with Crippen molar-refractivity contribution in [3.8, 4) is 17.2 Å². The van der Waals surface area contributed by atoms with E-state index in [9.17, 15) is 30.8 Å². The summed E-state index contributed by atoms with van der Waals surface area (Å²) in [5.74, 6) is -2.18. The third kappa shape index (κ3) is 5.33. The average molecular weight is 538 g/mol. The van der Waals surface area contributed by atoms with Crippen LogP contribution in [-0.2, 0) is 10.0 Å². The van der Waals surface area contributed by atoms with Crippen molar-refractivity contribution in [2.24, 2.45) is 0 Å². The number of ether oxygens (including phenoxy) is 2. The molecule has 2 aromatic heterocycles. The van der Waals surface area contributed by atoms with Crippen LogP contribution in [0.25, 0.3) is 16.6 Å². The van der Waals surface area contributed by atoms with Crippen LogP contribution >= 0.6 is 0 Å². The van der Waals surface area contributed by atoms with Crippen LogP contribution in [0.2, 0.25) is 0 Å². The van der Waals surface area contributed by atoms with Crippen molar-refractivity contribution in [2.75, 3.05) is 11.8 Å². The normalized spacial score (nSPS) is 12.8. The van der Waals surface area contributed by atoms with Crippen LogP contribution in [0, 0.1) is 5.82 Å². The van der Waals surface area contributed by atoms with Crippen LogP contribution in [0.1, 0.15) is 6.92 Å². The van der Waals surface area contributed by atoms with E-state index in [0.717, 1.165) is 29.7 Å². The summed E-state index contributed by atoms with van der Waals surface area (Å²) in [6, 6.07) is 9.54. The van der Waals surface area contributed by atoms with E-state index in [1.54, 1.807) is 0 Å². The lowest BCUT2D eigenvalue weighted by Gasteiger charge is -2.20. The zero-order valence-corrected chi connectivity index (χ0v) is 20.0. The first-order valence-corrected chi connectivity index (χ1v) is 12.0. The Morgan fingerprint density at radius 3 is 2.38 bits per heavy atom. The van der Waals surface area contributed by atoms with Gasteiger partial charge >= 0.3 is 6.18 Å². The van der Waals surface area contributed by atoms with Crippen LogP contribution < -0.4 is 19.8 Å². The topological polar surface area (TPSA) is 112 Å². The molecule has 0 saturated heterocycles. The summed E-state index contributed by atoms with van der Waals surface area (Å²) in [7, 11) is -2.91. The van der Waals surface area contributed by atoms with E-state index < -0.39 is 39.4 Å². The van der Waals surface area contributed by atoms with E-state index in [1.165, 1.54) is 49.8 Å². The van der Waals surface area contributed by atoms with Crippen molar-refractivity contribution in [2.45, 2.75) is 24.1 Å². The van der Waals surface area contributed by atoms with Gasteiger partial charge in [-0.05, 0) is 37.3 Å². The highest BCUT2D eigenvalue weighted by atomic mass is 32.2. The summed E-state index contributed by atoms with van der Waals surface area (Å²) in [6.07, 6.45) is -4.31. The minimum absolute atomic E-state index is 0.131. The Labute approximate surface area is 207 Å². The van der Waals surface area contributed by atoms with Crippen LogP contribution in [0.15, 0.2) is 70.6 Å². The van der Waals surface area contributed by atoms with E-state index in [4.69, 9.17) is 9.47 Å². The standard InChI is InChI=1S/C23H18F4N4O5S/c1-13(23(25,26)27)36-19-12-20(35-2)18(11-16(19)24)31-17-6-5-15(10-14(17)4-7-21(31)32)37(33,34)30-22-28-8-3-9-29-22/h3-13H,1-2H3,(H,28,29,30)/t13-/m0/s1. The number of hydrogen-bond acceptors (Lipinski definition) is 7. The quantitative estimate of drug-likeness (QED) is 0.353. The summed E-state index contributed by atoms with van der Waals surface area (Å²) in [4.78, 5) is 20.2. The minimum Gasteiger partial charge on any atom is -0.494 e. The Balaban J connectivity index is 1.80. The van der Waals surface area contributed by atoms with Crippen molar-refractivity contribution in [3.05, 3.63) is 77.1 Å². The highest BCUT2D eigenvalue weighted by Crippen LogP contribution is 2.34. The molecule has 2 heterocycles. The predicted octanol–water partition coefficient (Wildman–Crippen LogP) is 4.06. The first-order valence-electron chi connectivity index (χ1n) is 10.5. The first-order chi connectivity index (χ1) is 17.4. The summed E-state index contributed by atoms with van der Waals surface area (Å²) in [5, 5.41) is 0.282. The molecule has 37 heavy (non-hydrogen) atoms. The van der Waals surface area contributed by atoms with Crippen molar-refractivity contribution in [3.63, 3.8) is 0 Å². The lowest BCUT2D eigenvalue weighted by atomic mass is 10.2. The Hall–Kier alpha value is -4.20. The average Bonchev–Trinajstić information content (AvgIpc) is 2.84. The number of nitrogens with one attached hydrogen (secondary N) is 1. The molecular formula is C23H18F4N4O5S. The molecule has 14 heteroatoms. The van der Waals surface area contributed by atoms with Gasteiger partial charge in [-0.15, -0.1) is 0 Å². The maximum absolute atomic E-state index is 14.8. The Morgan fingerprint density at radius 1 is 1.03 bits per heavy atom. The fourth-order valence-electron chi connectivity index (χ4n) is 3.38. The van der Waals surface area contributed by atoms with Crippen molar-refractivity contribution in [1.82, 2.24) is 14.5 Å². The summed E-state index contributed by atoms with van der Waals surface area (Å²) in [5.41, 5.74) is -0.583. The number of pyridine rings is 1. The molecule has 0 aliphatic rings. The Kier molecular flexibility index (Phi) is 6.78. The minimum atomic E-state index is -4.73. The molecule has 1 N–H and O–H groups in total. The number of fused-ring (bicyclic) bond motifs is 1. The number of hydrogen-bond donors (Lipinski definition) is 1. The van der Waals surface area contributed by atoms with Crippen LogP contribution in [-0.4, -0.2) is 42.3 Å². The molecule has 194 valence electrons. The number of aromatic nitrogens is 3. The van der Waals surface area contributed by atoms with Gasteiger partial charge in [-0.3, -0.25) is 9.36 Å². The molecule has 0 radical (unpaired) electrons. The molecule has 0 amide bonds. The summed E-state index contributed by atoms with van der Waals surface area (Å²) < 4.78 is 92.2. The molecule has 0 aliphatic heterocycles. The molecule has 2 aromatic carbocycles. The van der Waals surface area contributed by atoms with Gasteiger partial charge in [0.05, 0.1) is 23.2 Å². The predicted molar refractivity (Wildman–Crippen MR) is 125 cm³/mol. The van der Waals surface area contributed by atoms with Gasteiger partial charge in [0.1, 0.15) is 5.75 Å². The smallest absolute Gasteiger partial charge is 0.425 e. The fraction of sp³-hybridized carbons (Fsp3) is 0.174. The fourth-order valence-corrected chi connectivity index (χ4v) is 4.37. The number of sulfonamides is 1. The molecule has 4 rings (SSSR count). The molecule has 0 spiro atoms. The van der Waals surface area contributed by atoms with Crippen LogP contribution in [0.5, 0.6) is 11.5 Å². The number of methoxy groups -OCH3 is 1. The molecular weight excluding hydrogens is 520 g/mol. The number of nitrogens with zero attached hydrogens (tertiary/aromatic N) is 3. The van der Waals surface area contributed by atoms with Crippen molar-refractivity contribution < 1.29 is 35.5 Å². The Morgan fingerprint density at radius 2 is 1.73 bits per heavy atom. The number of rotatable bonds is 7. The molecule has 1 atom stereocenters. The van der Waals surface area contributed by atoms with Crippen LogP contribution in [0.3, 0.4) is 0 Å². The van der Waals surface area contributed by atoms with Crippen molar-refractivity contribution >= 4 is 26.9 Å². The maximum atomic E-state index is 14.8. The van der Waals surface area contributed by atoms with Gasteiger partial charge in [0.2, 0.25) is 5.95 Å². The van der Waals surface area contributed by atoms with Crippen LogP contribution in [0.4, 0.5) is 23.5 Å². The monoisotopic (exact) mass is 538 g/mol. The largest absolute Gasteiger partial charge is 0.494 e. The van der Waals surface area contributed by atoms with E-state index in [-0.39, 0.29) is 33.2 Å². The second-order valence-corrected chi connectivity index (χ2v) is 9.34. The molecule has 0 unspecified atom stereocenters. The first kappa shape index (κ1) is 25.9. The number of halogens is 4. The van der Waals surface area contributed by atoms with Gasteiger partial charge in [-0.1, -0.05) is 0 Å². The molecule has 0 aliphatic carbocycles. The molecule has 4 aromatic rings. The molecule has 9 nitrogen and oxygen atoms in total. The molecule has 0 fully saturated rings. The number of alkyl halides is 3. The molecule has 0 saturated carbocycles. The number of benzene rings is 2. The zero-order chi connectivity index (χ0) is 27.0. The Bertz CT molecular complexity index is 1630. The highest BCUT2D eigenvalue weighted by Gasteiger charge is 2.38. The third-order valence-corrected chi connectivity index (χ3v) is 6.53. The van der Waals surface area contributed by atoms with E-state index >= 15 is 0 Å². The van der Waals surface area contributed by atoms with Gasteiger partial charge in [-0.2, -0.15) is 13.2 Å². The van der Waals surface area contributed by atoms with Gasteiger partial charge in [0.15, 0.2) is 17.7 Å². The van der Waals surface area contributed by atoms with E-state index in [0.29, 0.717) is 0 Å². The highest BCUT2D eigenvalue weighted by molar-refractivity contribution is 7.92. The van der Waals surface area contributed by atoms with Gasteiger partial charge < -0.3 is 9.47 Å². The maximum Gasteiger partial charge on any atom is 0.425 e. The lowest BCUT2D eigenvalue weighted by Crippen LogP contribution is -2.31. The summed E-state index contributed by atoms with van der Waals surface area (Å²) in [6.45, 7) is 0.722. The van der Waals surface area contributed by atoms with Gasteiger partial charge in [0, 0.05) is 36.0 Å². The second-order valence-electron chi connectivity index (χ2n) is 7.66. The SMILES string of the molecule is COc1cc(O[C@@H](C)C(F)(F)F)c(F)cc1-n1c(=O)ccc2cc(S(=O)(=O)Nc3ncccn3)ccc21. The molecule has 0 bridgehead atoms. The van der Waals surface area contributed by atoms with Crippen molar-refractivity contribution in [1.29, 1.82) is 0 Å². The van der Waals surface area contributed by atoms with E-state index in [2.05, 4.69) is 14.7 Å². The second kappa shape index (κ2) is 9.69. The number of anilines is 1. The van der Waals surface area contributed by atoms with E-state index in [1.807, 2.05) is 0 Å². The van der Waals surface area contributed by atoms with Gasteiger partial charge in [0.25, 0.3) is 15.6 Å². The summed E-state index contributed by atoms with van der Waals surface area (Å²) >= 11 is 0. The van der Waals surface area contributed by atoms with Gasteiger partial charge in [-0.25, -0.2) is 27.5 Å². The zero-order valence-electron chi connectivity index (χ0n) is 19.2. The lowest BCUT2D eigenvalue weighted by molar-refractivity contribution is -0.189.